The molecular formula is C16H11N3. The lowest BCUT2D eigenvalue weighted by atomic mass is 10.1. The fourth-order valence-corrected chi connectivity index (χ4v) is 2.43. The summed E-state index contributed by atoms with van der Waals surface area (Å²) in [6, 6.07) is 18.3. The van der Waals surface area contributed by atoms with Crippen molar-refractivity contribution in [2.24, 2.45) is 0 Å². The van der Waals surface area contributed by atoms with Crippen LogP contribution in [0, 0.1) is 0 Å². The van der Waals surface area contributed by atoms with Crippen LogP contribution in [0.2, 0.25) is 0 Å². The Morgan fingerprint density at radius 3 is 2.53 bits per heavy atom. The molecule has 0 saturated heterocycles. The van der Waals surface area contributed by atoms with E-state index in [1.54, 1.807) is 6.33 Å². The van der Waals surface area contributed by atoms with E-state index in [1.165, 1.54) is 0 Å². The minimum Gasteiger partial charge on any atom is -0.344 e. The molecule has 0 aliphatic heterocycles. The molecule has 3 nitrogen and oxygen atoms in total. The Morgan fingerprint density at radius 1 is 0.842 bits per heavy atom. The highest BCUT2D eigenvalue weighted by atomic mass is 14.9. The molecule has 0 aliphatic carbocycles. The quantitative estimate of drug-likeness (QED) is 0.554. The minimum atomic E-state index is 0.921. The molecule has 0 radical (unpaired) electrons. The molecule has 0 bridgehead atoms. The molecule has 0 unspecified atom stereocenters. The maximum atomic E-state index is 4.76. The number of pyridine rings is 1. The van der Waals surface area contributed by atoms with Crippen molar-refractivity contribution in [3.8, 4) is 11.3 Å². The number of hydrogen-bond acceptors (Lipinski definition) is 2. The van der Waals surface area contributed by atoms with Gasteiger partial charge in [0.15, 0.2) is 0 Å². The average molecular weight is 245 g/mol. The molecule has 2 aromatic heterocycles. The van der Waals surface area contributed by atoms with Gasteiger partial charge in [-0.1, -0.05) is 48.5 Å². The van der Waals surface area contributed by atoms with Gasteiger partial charge in [0.05, 0.1) is 23.1 Å². The molecule has 0 fully saturated rings. The Balaban J connectivity index is 2.17. The summed E-state index contributed by atoms with van der Waals surface area (Å²) in [5.74, 6) is 0. The van der Waals surface area contributed by atoms with Crippen molar-refractivity contribution >= 4 is 21.9 Å². The lowest BCUT2D eigenvalue weighted by molar-refractivity contribution is 1.34. The Bertz CT molecular complexity index is 863. The first-order valence-corrected chi connectivity index (χ1v) is 6.21. The fourth-order valence-electron chi connectivity index (χ4n) is 2.43. The molecule has 4 rings (SSSR count). The smallest absolute Gasteiger partial charge is 0.115 e. The maximum Gasteiger partial charge on any atom is 0.115 e. The topological polar surface area (TPSA) is 41.6 Å². The van der Waals surface area contributed by atoms with Crippen LogP contribution in [0.1, 0.15) is 0 Å². The van der Waals surface area contributed by atoms with Gasteiger partial charge in [-0.25, -0.2) is 9.97 Å². The fraction of sp³-hybridized carbons (Fsp3) is 0. The summed E-state index contributed by atoms with van der Waals surface area (Å²) in [7, 11) is 0. The number of imidazole rings is 1. The molecule has 0 saturated carbocycles. The number of nitrogens with zero attached hydrogens (tertiary/aromatic N) is 2. The van der Waals surface area contributed by atoms with Gasteiger partial charge in [-0.05, 0) is 6.07 Å². The third-order valence-corrected chi connectivity index (χ3v) is 3.32. The van der Waals surface area contributed by atoms with Gasteiger partial charge >= 0.3 is 0 Å². The molecule has 1 N–H and O–H groups in total. The van der Waals surface area contributed by atoms with Gasteiger partial charge in [-0.3, -0.25) is 0 Å². The van der Waals surface area contributed by atoms with Gasteiger partial charge in [-0.15, -0.1) is 0 Å². The molecular weight excluding hydrogens is 234 g/mol. The van der Waals surface area contributed by atoms with Crippen LogP contribution in [0.4, 0.5) is 0 Å². The molecule has 3 heteroatoms. The molecule has 90 valence electrons. The largest absolute Gasteiger partial charge is 0.344 e. The summed E-state index contributed by atoms with van der Waals surface area (Å²) in [6.07, 6.45) is 1.73. The normalized spacial score (nSPS) is 11.2. The number of rotatable bonds is 1. The van der Waals surface area contributed by atoms with Crippen molar-refractivity contribution in [1.82, 2.24) is 15.0 Å². The van der Waals surface area contributed by atoms with E-state index in [2.05, 4.69) is 28.2 Å². The first-order valence-electron chi connectivity index (χ1n) is 6.21. The highest BCUT2D eigenvalue weighted by molar-refractivity contribution is 6.07. The highest BCUT2D eigenvalue weighted by Gasteiger charge is 2.11. The Labute approximate surface area is 110 Å². The van der Waals surface area contributed by atoms with Crippen LogP contribution in [0.15, 0.2) is 60.9 Å². The van der Waals surface area contributed by atoms with E-state index in [1.807, 2.05) is 36.4 Å². The number of fused-ring (bicyclic) bond motifs is 3. The Hall–Kier alpha value is -2.68. The van der Waals surface area contributed by atoms with E-state index in [0.29, 0.717) is 0 Å². The van der Waals surface area contributed by atoms with Crippen molar-refractivity contribution in [3.05, 3.63) is 60.9 Å². The molecule has 0 aliphatic rings. The number of hydrogen-bond donors (Lipinski definition) is 1. The molecule has 0 atom stereocenters. The second kappa shape index (κ2) is 3.92. The van der Waals surface area contributed by atoms with Crippen LogP contribution in [-0.2, 0) is 0 Å². The first-order chi connectivity index (χ1) is 9.43. The van der Waals surface area contributed by atoms with E-state index in [0.717, 1.165) is 33.2 Å². The van der Waals surface area contributed by atoms with Gasteiger partial charge in [0, 0.05) is 10.9 Å². The second-order valence-electron chi connectivity index (χ2n) is 4.47. The number of para-hydroxylation sites is 1. The van der Waals surface area contributed by atoms with Gasteiger partial charge in [-0.2, -0.15) is 0 Å². The van der Waals surface area contributed by atoms with E-state index in [-0.39, 0.29) is 0 Å². The number of aromatic amines is 1. The zero-order valence-electron chi connectivity index (χ0n) is 10.2. The van der Waals surface area contributed by atoms with Gasteiger partial charge in [0.1, 0.15) is 5.52 Å². The number of benzene rings is 2. The van der Waals surface area contributed by atoms with Crippen molar-refractivity contribution in [2.75, 3.05) is 0 Å². The maximum absolute atomic E-state index is 4.76. The number of aromatic nitrogens is 3. The predicted octanol–water partition coefficient (Wildman–Crippen LogP) is 3.78. The predicted molar refractivity (Wildman–Crippen MR) is 76.8 cm³/mol. The van der Waals surface area contributed by atoms with Crippen molar-refractivity contribution < 1.29 is 0 Å². The van der Waals surface area contributed by atoms with Crippen molar-refractivity contribution in [2.45, 2.75) is 0 Å². The van der Waals surface area contributed by atoms with Crippen LogP contribution in [0.25, 0.3) is 33.2 Å². The van der Waals surface area contributed by atoms with Gasteiger partial charge in [0.2, 0.25) is 0 Å². The third kappa shape index (κ3) is 1.52. The van der Waals surface area contributed by atoms with E-state index < -0.39 is 0 Å². The van der Waals surface area contributed by atoms with Crippen LogP contribution in [0.5, 0.6) is 0 Å². The zero-order chi connectivity index (χ0) is 12.7. The SMILES string of the molecule is c1ccc(-c2nc3ccccc3c3[nH]cnc23)cc1. The summed E-state index contributed by atoms with van der Waals surface area (Å²) in [5, 5.41) is 1.11. The third-order valence-electron chi connectivity index (χ3n) is 3.32. The van der Waals surface area contributed by atoms with Crippen LogP contribution in [0.3, 0.4) is 0 Å². The van der Waals surface area contributed by atoms with E-state index >= 15 is 0 Å². The first kappa shape index (κ1) is 10.3. The molecule has 0 amide bonds. The van der Waals surface area contributed by atoms with Crippen LogP contribution >= 0.6 is 0 Å². The zero-order valence-corrected chi connectivity index (χ0v) is 10.2. The van der Waals surface area contributed by atoms with Gasteiger partial charge < -0.3 is 4.98 Å². The summed E-state index contributed by atoms with van der Waals surface area (Å²) in [5.41, 5.74) is 4.97. The summed E-state index contributed by atoms with van der Waals surface area (Å²) < 4.78 is 0. The summed E-state index contributed by atoms with van der Waals surface area (Å²) in [4.78, 5) is 12.4. The van der Waals surface area contributed by atoms with Crippen molar-refractivity contribution in [1.29, 1.82) is 0 Å². The summed E-state index contributed by atoms with van der Waals surface area (Å²) in [6.45, 7) is 0. The Morgan fingerprint density at radius 2 is 1.63 bits per heavy atom. The molecule has 2 aromatic carbocycles. The molecule has 19 heavy (non-hydrogen) atoms. The number of H-pyrrole nitrogens is 1. The van der Waals surface area contributed by atoms with Gasteiger partial charge in [0.25, 0.3) is 0 Å². The van der Waals surface area contributed by atoms with Crippen LogP contribution in [-0.4, -0.2) is 15.0 Å². The van der Waals surface area contributed by atoms with E-state index in [9.17, 15) is 0 Å². The average Bonchev–Trinajstić information content (AvgIpc) is 2.97. The Kier molecular flexibility index (Phi) is 2.12. The van der Waals surface area contributed by atoms with E-state index in [4.69, 9.17) is 4.98 Å². The lowest BCUT2D eigenvalue weighted by Gasteiger charge is -2.05. The standard InChI is InChI=1S/C16H11N3/c1-2-6-11(7-3-1)14-16-15(17-10-18-16)12-8-4-5-9-13(12)19-14/h1-10H,(H,17,18). The lowest BCUT2D eigenvalue weighted by Crippen LogP contribution is -1.88. The molecule has 2 heterocycles. The second-order valence-corrected chi connectivity index (χ2v) is 4.47. The van der Waals surface area contributed by atoms with Crippen molar-refractivity contribution in [3.63, 3.8) is 0 Å². The summed E-state index contributed by atoms with van der Waals surface area (Å²) >= 11 is 0. The minimum absolute atomic E-state index is 0.921. The molecule has 0 spiro atoms. The van der Waals surface area contributed by atoms with Crippen LogP contribution < -0.4 is 0 Å². The molecule has 4 aromatic rings. The monoisotopic (exact) mass is 245 g/mol. The highest BCUT2D eigenvalue weighted by Crippen LogP contribution is 2.29. The number of nitrogens with one attached hydrogen (secondary N) is 1.